The van der Waals surface area contributed by atoms with E-state index in [1.807, 2.05) is 18.7 Å². The summed E-state index contributed by atoms with van der Waals surface area (Å²) >= 11 is 0. The summed E-state index contributed by atoms with van der Waals surface area (Å²) in [6, 6.07) is 8.12. The topological polar surface area (TPSA) is 21.7 Å². The van der Waals surface area contributed by atoms with Crippen LogP contribution < -0.4 is 78.5 Å². The van der Waals surface area contributed by atoms with E-state index in [0.717, 1.165) is 18.7 Å². The molecule has 1 heterocycles. The molecule has 3 nitrogen and oxygen atoms in total. The molecule has 1 aromatic rings. The van der Waals surface area contributed by atoms with Crippen molar-refractivity contribution in [3.8, 4) is 5.75 Å². The monoisotopic (exact) mass is 367 g/mol. The van der Waals surface area contributed by atoms with E-state index in [2.05, 4.69) is 37.9 Å². The molecule has 0 amide bonds. The van der Waals surface area contributed by atoms with Crippen LogP contribution in [-0.4, -0.2) is 19.9 Å². The Hall–Kier alpha value is 0.832. The fourth-order valence-corrected chi connectivity index (χ4v) is 1.84. The molecular formula is C14H20CsNO2. The number of nitrogens with zero attached hydrogens (tertiary/aromatic N) is 1. The molecule has 2 rings (SSSR count). The van der Waals surface area contributed by atoms with E-state index < -0.39 is 0 Å². The van der Waals surface area contributed by atoms with Gasteiger partial charge in [0.25, 0.3) is 0 Å². The number of anilines is 1. The summed E-state index contributed by atoms with van der Waals surface area (Å²) in [5, 5.41) is 0. The van der Waals surface area contributed by atoms with Crippen LogP contribution in [0.5, 0.6) is 5.75 Å². The van der Waals surface area contributed by atoms with Crippen molar-refractivity contribution in [1.29, 1.82) is 0 Å². The molecule has 0 spiro atoms. The molecule has 0 radical (unpaired) electrons. The average Bonchev–Trinajstić information content (AvgIpc) is 2.74. The van der Waals surface area contributed by atoms with E-state index in [4.69, 9.17) is 9.47 Å². The van der Waals surface area contributed by atoms with Crippen LogP contribution in [0.25, 0.3) is 0 Å². The average molecular weight is 367 g/mol. The number of benzene rings is 1. The van der Waals surface area contributed by atoms with Gasteiger partial charge in [-0.3, -0.25) is 0 Å². The summed E-state index contributed by atoms with van der Waals surface area (Å²) in [5.74, 6) is 1.34. The maximum absolute atomic E-state index is 5.80. The van der Waals surface area contributed by atoms with Crippen LogP contribution in [0.4, 0.5) is 5.69 Å². The Morgan fingerprint density at radius 3 is 2.89 bits per heavy atom. The van der Waals surface area contributed by atoms with Gasteiger partial charge in [0.05, 0.1) is 0 Å². The Bertz CT molecular complexity index is 373. The Morgan fingerprint density at radius 2 is 2.28 bits per heavy atom. The maximum Gasteiger partial charge on any atom is 1.00 e. The van der Waals surface area contributed by atoms with Crippen molar-refractivity contribution in [3.05, 3.63) is 30.9 Å². The molecule has 0 aromatic heterocycles. The minimum atomic E-state index is -0.132. The smallest absolute Gasteiger partial charge is 0.520 e. The van der Waals surface area contributed by atoms with Gasteiger partial charge in [-0.2, -0.15) is 0 Å². The molecule has 94 valence electrons. The summed E-state index contributed by atoms with van der Waals surface area (Å²) in [5.41, 5.74) is 1.17. The third-order valence-electron chi connectivity index (χ3n) is 3.03. The van der Waals surface area contributed by atoms with Crippen molar-refractivity contribution in [2.75, 3.05) is 18.5 Å². The summed E-state index contributed by atoms with van der Waals surface area (Å²) in [6.07, 6.45) is 0.792. The number of ether oxygens (including phenoxy) is 2. The minimum Gasteiger partial charge on any atom is -0.520 e. The van der Waals surface area contributed by atoms with Crippen LogP contribution >= 0.6 is 0 Å². The van der Waals surface area contributed by atoms with Crippen molar-refractivity contribution in [1.82, 2.24) is 0 Å². The molecule has 4 heteroatoms. The van der Waals surface area contributed by atoms with Gasteiger partial charge in [0.15, 0.2) is 6.29 Å². The van der Waals surface area contributed by atoms with Crippen LogP contribution in [0.1, 0.15) is 20.3 Å². The first-order valence-electron chi connectivity index (χ1n) is 6.15. The van der Waals surface area contributed by atoms with Gasteiger partial charge in [0.2, 0.25) is 0 Å². The zero-order valence-electron chi connectivity index (χ0n) is 11.7. The summed E-state index contributed by atoms with van der Waals surface area (Å²) < 4.78 is 11.2. The van der Waals surface area contributed by atoms with Gasteiger partial charge in [-0.1, -0.05) is 13.0 Å². The van der Waals surface area contributed by atoms with Crippen molar-refractivity contribution >= 4 is 5.69 Å². The van der Waals surface area contributed by atoms with Gasteiger partial charge in [-0.15, -0.1) is 5.92 Å². The standard InChI is InChI=1S/C14H20NO2.Cs/c1-4-15(3)12-6-5-7-13(9-12)17-14-8-11(2)10-16-14;/h5-7,9-11,14H,4,8H2,1-3H3;/q-1;+1/t11-,14?;/m1./s1. The van der Waals surface area contributed by atoms with Crippen LogP contribution in [0.2, 0.25) is 0 Å². The molecule has 1 saturated heterocycles. The largest absolute Gasteiger partial charge is 1.00 e. The van der Waals surface area contributed by atoms with Crippen molar-refractivity contribution in [3.63, 3.8) is 0 Å². The molecule has 1 unspecified atom stereocenters. The zero-order chi connectivity index (χ0) is 12.3. The third kappa shape index (κ3) is 4.74. The number of hydrogen-bond donors (Lipinski definition) is 0. The van der Waals surface area contributed by atoms with E-state index >= 15 is 0 Å². The number of hydrogen-bond acceptors (Lipinski definition) is 3. The summed E-state index contributed by atoms with van der Waals surface area (Å²) in [7, 11) is 2.07. The Kier molecular flexibility index (Phi) is 7.69. The fraction of sp³-hybridized carbons (Fsp3) is 0.500. The van der Waals surface area contributed by atoms with E-state index in [1.54, 1.807) is 0 Å². The molecule has 0 bridgehead atoms. The minimum absolute atomic E-state index is 0. The normalized spacial score (nSPS) is 22.4. The Morgan fingerprint density at radius 1 is 1.50 bits per heavy atom. The molecule has 1 aliphatic rings. The van der Waals surface area contributed by atoms with Gasteiger partial charge in [-0.25, -0.2) is 6.61 Å². The molecule has 2 atom stereocenters. The number of rotatable bonds is 4. The van der Waals surface area contributed by atoms with Crippen LogP contribution in [-0.2, 0) is 4.74 Å². The summed E-state index contributed by atoms with van der Waals surface area (Å²) in [6.45, 7) is 7.09. The van der Waals surface area contributed by atoms with Gasteiger partial charge in [0.1, 0.15) is 5.75 Å². The molecule has 0 aliphatic carbocycles. The van der Waals surface area contributed by atoms with E-state index in [9.17, 15) is 0 Å². The van der Waals surface area contributed by atoms with Gasteiger partial charge >= 0.3 is 68.9 Å². The van der Waals surface area contributed by atoms with Crippen LogP contribution in [0, 0.1) is 12.5 Å². The maximum atomic E-state index is 5.80. The van der Waals surface area contributed by atoms with Crippen LogP contribution in [0.15, 0.2) is 24.3 Å². The second-order valence-corrected chi connectivity index (χ2v) is 4.54. The molecule has 0 saturated carbocycles. The van der Waals surface area contributed by atoms with E-state index in [-0.39, 0.29) is 75.2 Å². The van der Waals surface area contributed by atoms with Gasteiger partial charge < -0.3 is 14.4 Å². The first-order valence-corrected chi connectivity index (χ1v) is 6.15. The third-order valence-corrected chi connectivity index (χ3v) is 3.03. The Labute approximate surface area is 169 Å². The fourth-order valence-electron chi connectivity index (χ4n) is 1.84. The Balaban J connectivity index is 0.00000162. The van der Waals surface area contributed by atoms with Crippen molar-refractivity contribution in [2.24, 2.45) is 5.92 Å². The molecule has 0 N–H and O–H groups in total. The van der Waals surface area contributed by atoms with Crippen molar-refractivity contribution < 1.29 is 78.4 Å². The molecule has 18 heavy (non-hydrogen) atoms. The molecular weight excluding hydrogens is 347 g/mol. The van der Waals surface area contributed by atoms with Crippen molar-refractivity contribution in [2.45, 2.75) is 26.6 Å². The van der Waals surface area contributed by atoms with E-state index in [1.165, 1.54) is 5.69 Å². The SMILES string of the molecule is CCN(C)c1cccc(OC2C[C@@H](C)[CH-]O2)c1.[Cs+]. The molecule has 1 aromatic carbocycles. The summed E-state index contributed by atoms with van der Waals surface area (Å²) in [4.78, 5) is 2.18. The first kappa shape index (κ1) is 16.9. The van der Waals surface area contributed by atoms with Gasteiger partial charge in [0, 0.05) is 25.3 Å². The second-order valence-electron chi connectivity index (χ2n) is 4.54. The molecule has 1 aliphatic heterocycles. The second kappa shape index (κ2) is 8.19. The predicted molar refractivity (Wildman–Crippen MR) is 69.0 cm³/mol. The first-order chi connectivity index (χ1) is 8.19. The van der Waals surface area contributed by atoms with Gasteiger partial charge in [-0.05, 0) is 25.5 Å². The predicted octanol–water partition coefficient (Wildman–Crippen LogP) is 0.0698. The molecule has 1 fully saturated rings. The zero-order valence-corrected chi connectivity index (χ0v) is 18.0. The quantitative estimate of drug-likeness (QED) is 0.704. The van der Waals surface area contributed by atoms with Crippen LogP contribution in [0.3, 0.4) is 0 Å². The van der Waals surface area contributed by atoms with E-state index in [0.29, 0.717) is 5.92 Å².